The zero-order chi connectivity index (χ0) is 17.9. The fraction of sp³-hybridized carbons (Fsp3) is 0.400. The summed E-state index contributed by atoms with van der Waals surface area (Å²) < 4.78 is 5.02. The molecule has 0 aliphatic carbocycles. The van der Waals surface area contributed by atoms with Crippen molar-refractivity contribution in [3.63, 3.8) is 0 Å². The summed E-state index contributed by atoms with van der Waals surface area (Å²) in [6, 6.07) is 12.0. The number of fused-ring (bicyclic) bond motifs is 1. The SMILES string of the molecule is COc1ccc(C(=O)NCC(C)(C)N2CCc3ccccc3C2)cn1. The largest absolute Gasteiger partial charge is 0.481 e. The molecule has 1 aromatic carbocycles. The van der Waals surface area contributed by atoms with E-state index < -0.39 is 0 Å². The minimum Gasteiger partial charge on any atom is -0.481 e. The molecule has 0 spiro atoms. The number of hydrogen-bond acceptors (Lipinski definition) is 4. The maximum atomic E-state index is 12.4. The number of benzene rings is 1. The van der Waals surface area contributed by atoms with E-state index in [2.05, 4.69) is 53.3 Å². The molecule has 0 radical (unpaired) electrons. The van der Waals surface area contributed by atoms with Crippen LogP contribution in [0.3, 0.4) is 0 Å². The van der Waals surface area contributed by atoms with Crippen LogP contribution in [0, 0.1) is 0 Å². The second kappa shape index (κ2) is 7.23. The summed E-state index contributed by atoms with van der Waals surface area (Å²) in [5.41, 5.74) is 3.24. The molecule has 0 saturated carbocycles. The van der Waals surface area contributed by atoms with E-state index in [1.54, 1.807) is 19.2 Å². The van der Waals surface area contributed by atoms with Crippen molar-refractivity contribution in [3.05, 3.63) is 59.3 Å². The lowest BCUT2D eigenvalue weighted by atomic mass is 9.94. The molecule has 1 amide bonds. The third-order valence-electron chi connectivity index (χ3n) is 4.88. The number of carbonyl (C=O) groups is 1. The highest BCUT2D eigenvalue weighted by Crippen LogP contribution is 2.25. The summed E-state index contributed by atoms with van der Waals surface area (Å²) in [6.45, 7) is 6.86. The summed E-state index contributed by atoms with van der Waals surface area (Å²) in [4.78, 5) is 18.9. The highest BCUT2D eigenvalue weighted by Gasteiger charge is 2.30. The van der Waals surface area contributed by atoms with E-state index in [9.17, 15) is 4.79 Å². The number of amides is 1. The van der Waals surface area contributed by atoms with E-state index >= 15 is 0 Å². The molecule has 1 aromatic heterocycles. The molecule has 0 atom stereocenters. The molecule has 3 rings (SSSR count). The van der Waals surface area contributed by atoms with E-state index in [1.165, 1.54) is 17.3 Å². The van der Waals surface area contributed by atoms with Crippen molar-refractivity contribution in [1.29, 1.82) is 0 Å². The van der Waals surface area contributed by atoms with Gasteiger partial charge in [0.1, 0.15) is 0 Å². The van der Waals surface area contributed by atoms with Crippen LogP contribution in [0.4, 0.5) is 0 Å². The number of rotatable bonds is 5. The molecular weight excluding hydrogens is 314 g/mol. The number of methoxy groups -OCH3 is 1. The van der Waals surface area contributed by atoms with E-state index in [1.807, 2.05) is 0 Å². The van der Waals surface area contributed by atoms with E-state index in [0.29, 0.717) is 18.0 Å². The van der Waals surface area contributed by atoms with Gasteiger partial charge in [0.2, 0.25) is 5.88 Å². The van der Waals surface area contributed by atoms with Gasteiger partial charge in [0.05, 0.1) is 12.7 Å². The van der Waals surface area contributed by atoms with Gasteiger partial charge in [-0.25, -0.2) is 4.98 Å². The van der Waals surface area contributed by atoms with Gasteiger partial charge in [0, 0.05) is 37.4 Å². The number of nitrogens with one attached hydrogen (secondary N) is 1. The fourth-order valence-electron chi connectivity index (χ4n) is 3.16. The summed E-state index contributed by atoms with van der Waals surface area (Å²) in [6.07, 6.45) is 2.59. The third kappa shape index (κ3) is 3.99. The molecule has 2 aromatic rings. The van der Waals surface area contributed by atoms with Crippen molar-refractivity contribution < 1.29 is 9.53 Å². The monoisotopic (exact) mass is 339 g/mol. The maximum Gasteiger partial charge on any atom is 0.252 e. The van der Waals surface area contributed by atoms with Crippen LogP contribution in [0.25, 0.3) is 0 Å². The first-order chi connectivity index (χ1) is 12.0. The van der Waals surface area contributed by atoms with Gasteiger partial charge < -0.3 is 10.1 Å². The van der Waals surface area contributed by atoms with Gasteiger partial charge in [-0.05, 0) is 37.5 Å². The number of ether oxygens (including phenoxy) is 1. The highest BCUT2D eigenvalue weighted by atomic mass is 16.5. The molecule has 2 heterocycles. The van der Waals surface area contributed by atoms with Crippen molar-refractivity contribution in [2.45, 2.75) is 32.4 Å². The van der Waals surface area contributed by atoms with Gasteiger partial charge in [-0.1, -0.05) is 24.3 Å². The Hall–Kier alpha value is -2.40. The van der Waals surface area contributed by atoms with E-state index in [4.69, 9.17) is 4.74 Å². The summed E-state index contributed by atoms with van der Waals surface area (Å²) in [7, 11) is 1.56. The van der Waals surface area contributed by atoms with Crippen molar-refractivity contribution in [2.24, 2.45) is 0 Å². The molecule has 5 nitrogen and oxygen atoms in total. The maximum absolute atomic E-state index is 12.4. The Balaban J connectivity index is 1.60. The van der Waals surface area contributed by atoms with Crippen LogP contribution in [-0.2, 0) is 13.0 Å². The Morgan fingerprint density at radius 2 is 2.00 bits per heavy atom. The second-order valence-electron chi connectivity index (χ2n) is 7.02. The highest BCUT2D eigenvalue weighted by molar-refractivity contribution is 5.93. The van der Waals surface area contributed by atoms with Gasteiger partial charge in [-0.2, -0.15) is 0 Å². The van der Waals surface area contributed by atoms with Crippen molar-refractivity contribution in [2.75, 3.05) is 20.2 Å². The van der Waals surface area contributed by atoms with Crippen molar-refractivity contribution in [1.82, 2.24) is 15.2 Å². The van der Waals surface area contributed by atoms with Crippen molar-refractivity contribution in [3.8, 4) is 5.88 Å². The lowest BCUT2D eigenvalue weighted by Gasteiger charge is -2.41. The fourth-order valence-corrected chi connectivity index (χ4v) is 3.16. The van der Waals surface area contributed by atoms with E-state index in [0.717, 1.165) is 19.5 Å². The molecule has 0 unspecified atom stereocenters. The van der Waals surface area contributed by atoms with Crippen LogP contribution in [0.5, 0.6) is 5.88 Å². The van der Waals surface area contributed by atoms with Crippen LogP contribution in [-0.4, -0.2) is 41.5 Å². The van der Waals surface area contributed by atoms with Gasteiger partial charge in [-0.15, -0.1) is 0 Å². The number of pyridine rings is 1. The Morgan fingerprint density at radius 3 is 2.68 bits per heavy atom. The van der Waals surface area contributed by atoms with Crippen LogP contribution < -0.4 is 10.1 Å². The first kappa shape index (κ1) is 17.4. The van der Waals surface area contributed by atoms with Gasteiger partial charge in [0.25, 0.3) is 5.91 Å². The first-order valence-corrected chi connectivity index (χ1v) is 8.60. The molecule has 1 aliphatic rings. The third-order valence-corrected chi connectivity index (χ3v) is 4.88. The summed E-state index contributed by atoms with van der Waals surface area (Å²) >= 11 is 0. The zero-order valence-corrected chi connectivity index (χ0v) is 15.1. The smallest absolute Gasteiger partial charge is 0.252 e. The molecule has 0 fully saturated rings. The van der Waals surface area contributed by atoms with Crippen LogP contribution in [0.15, 0.2) is 42.6 Å². The van der Waals surface area contributed by atoms with Crippen molar-refractivity contribution >= 4 is 5.91 Å². The minimum atomic E-state index is -0.122. The average molecular weight is 339 g/mol. The Morgan fingerprint density at radius 1 is 1.24 bits per heavy atom. The Kier molecular flexibility index (Phi) is 5.04. The molecule has 132 valence electrons. The molecule has 5 heteroatoms. The predicted molar refractivity (Wildman–Crippen MR) is 97.8 cm³/mol. The van der Waals surface area contributed by atoms with Crippen LogP contribution in [0.2, 0.25) is 0 Å². The zero-order valence-electron chi connectivity index (χ0n) is 15.1. The summed E-state index contributed by atoms with van der Waals surface area (Å²) in [5, 5.41) is 3.04. The van der Waals surface area contributed by atoms with E-state index in [-0.39, 0.29) is 11.4 Å². The van der Waals surface area contributed by atoms with Gasteiger partial charge >= 0.3 is 0 Å². The number of hydrogen-bond donors (Lipinski definition) is 1. The average Bonchev–Trinajstić information content (AvgIpc) is 2.66. The minimum absolute atomic E-state index is 0.111. The quantitative estimate of drug-likeness (QED) is 0.910. The number of aromatic nitrogens is 1. The topological polar surface area (TPSA) is 54.5 Å². The number of carbonyl (C=O) groups excluding carboxylic acids is 1. The van der Waals surface area contributed by atoms with Gasteiger partial charge in [-0.3, -0.25) is 9.69 Å². The Labute approximate surface area is 149 Å². The molecule has 25 heavy (non-hydrogen) atoms. The molecule has 1 aliphatic heterocycles. The van der Waals surface area contributed by atoms with Crippen LogP contribution >= 0.6 is 0 Å². The molecule has 0 saturated heterocycles. The molecular formula is C20H25N3O2. The van der Waals surface area contributed by atoms with Crippen LogP contribution in [0.1, 0.15) is 35.3 Å². The predicted octanol–water partition coefficient (Wildman–Crippen LogP) is 2.66. The molecule has 1 N–H and O–H groups in total. The normalized spacial score (nSPS) is 14.7. The lowest BCUT2D eigenvalue weighted by molar-refractivity contribution is 0.0826. The lowest BCUT2D eigenvalue weighted by Crippen LogP contribution is -2.53. The summed E-state index contributed by atoms with van der Waals surface area (Å²) in [5.74, 6) is 0.393. The molecule has 0 bridgehead atoms. The Bertz CT molecular complexity index is 741. The standard InChI is InChI=1S/C20H25N3O2/c1-20(2,23-11-10-15-6-4-5-7-17(15)13-23)14-22-19(24)16-8-9-18(25-3)21-12-16/h4-9,12H,10-11,13-14H2,1-3H3,(H,22,24). The number of nitrogens with zero attached hydrogens (tertiary/aromatic N) is 2. The van der Waals surface area contributed by atoms with Gasteiger partial charge in [0.15, 0.2) is 0 Å². The second-order valence-corrected chi connectivity index (χ2v) is 7.02. The first-order valence-electron chi connectivity index (χ1n) is 8.60.